The normalized spacial score (nSPS) is 10.8. The topological polar surface area (TPSA) is 97.4 Å². The van der Waals surface area contributed by atoms with Gasteiger partial charge >= 0.3 is 0 Å². The lowest BCUT2D eigenvalue weighted by Crippen LogP contribution is -2.15. The van der Waals surface area contributed by atoms with Crippen molar-refractivity contribution in [1.29, 1.82) is 5.26 Å². The minimum atomic E-state index is -0.195. The van der Waals surface area contributed by atoms with Gasteiger partial charge in [0.05, 0.1) is 22.3 Å². The first-order valence-corrected chi connectivity index (χ1v) is 10.2. The minimum absolute atomic E-state index is 0.191. The summed E-state index contributed by atoms with van der Waals surface area (Å²) in [5, 5.41) is 13.1. The number of hydrogen-bond acceptors (Lipinski definition) is 4. The molecule has 0 bridgehead atoms. The molecule has 29 heavy (non-hydrogen) atoms. The van der Waals surface area contributed by atoms with E-state index >= 15 is 0 Å². The second-order valence-electron chi connectivity index (χ2n) is 6.65. The van der Waals surface area contributed by atoms with Crippen LogP contribution >= 0.6 is 11.8 Å². The number of nitrogens with zero attached hydrogens (tertiary/aromatic N) is 2. The van der Waals surface area contributed by atoms with Crippen LogP contribution < -0.4 is 5.32 Å². The second kappa shape index (κ2) is 8.25. The van der Waals surface area contributed by atoms with Crippen LogP contribution in [-0.4, -0.2) is 26.6 Å². The third kappa shape index (κ3) is 4.18. The molecule has 7 heteroatoms. The number of amides is 1. The van der Waals surface area contributed by atoms with Gasteiger partial charge in [-0.3, -0.25) is 4.79 Å². The Morgan fingerprint density at radius 3 is 2.66 bits per heavy atom. The summed E-state index contributed by atoms with van der Waals surface area (Å²) in [5.74, 6) is 0.446. The molecule has 0 radical (unpaired) electrons. The lowest BCUT2D eigenvalue weighted by atomic mass is 10.1. The van der Waals surface area contributed by atoms with Crippen LogP contribution in [0.2, 0.25) is 0 Å². The first kappa shape index (κ1) is 18.8. The number of carbonyl (C=O) groups excluding carboxylic acids is 1. The van der Waals surface area contributed by atoms with Gasteiger partial charge in [0.25, 0.3) is 0 Å². The number of anilines is 1. The van der Waals surface area contributed by atoms with E-state index in [0.29, 0.717) is 23.0 Å². The van der Waals surface area contributed by atoms with E-state index in [-0.39, 0.29) is 11.7 Å². The van der Waals surface area contributed by atoms with Crippen LogP contribution in [0.5, 0.6) is 0 Å². The van der Waals surface area contributed by atoms with Crippen LogP contribution in [-0.2, 0) is 11.2 Å². The summed E-state index contributed by atoms with van der Waals surface area (Å²) in [6.45, 7) is 1.89. The Kier molecular flexibility index (Phi) is 5.36. The average molecular weight is 401 g/mol. The number of nitriles is 1. The molecule has 4 aromatic rings. The molecule has 0 saturated heterocycles. The van der Waals surface area contributed by atoms with Crippen molar-refractivity contribution < 1.29 is 4.79 Å². The minimum Gasteiger partial charge on any atom is -0.344 e. The fraction of sp³-hybridized carbons (Fsp3) is 0.136. The van der Waals surface area contributed by atoms with Gasteiger partial charge in [-0.2, -0.15) is 5.26 Å². The maximum absolute atomic E-state index is 12.4. The molecule has 4 rings (SSSR count). The summed E-state index contributed by atoms with van der Waals surface area (Å²) < 4.78 is 0. The fourth-order valence-electron chi connectivity index (χ4n) is 3.16. The standard InChI is InChI=1S/C22H19N5OS/c1-14-16(12-23)21(24-19(14)11-15-7-3-2-4-8-15)27-20(28)13-29-22-25-17-9-5-6-10-18(17)26-22/h2-10,24H,11,13H2,1H3,(H,25,26)(H,27,28). The van der Waals surface area contributed by atoms with Crippen LogP contribution in [0.1, 0.15) is 22.4 Å². The first-order chi connectivity index (χ1) is 14.1. The number of nitrogens with one attached hydrogen (secondary N) is 3. The van der Waals surface area contributed by atoms with Crippen molar-refractivity contribution in [1.82, 2.24) is 15.0 Å². The quantitative estimate of drug-likeness (QED) is 0.417. The molecular weight excluding hydrogens is 382 g/mol. The van der Waals surface area contributed by atoms with Gasteiger partial charge in [-0.25, -0.2) is 4.98 Å². The van der Waals surface area contributed by atoms with Gasteiger partial charge in [0.15, 0.2) is 5.16 Å². The summed E-state index contributed by atoms with van der Waals surface area (Å²) in [4.78, 5) is 23.3. The fourth-order valence-corrected chi connectivity index (χ4v) is 3.85. The number of fused-ring (bicyclic) bond motifs is 1. The predicted octanol–water partition coefficient (Wildman–Crippen LogP) is 4.39. The Bertz CT molecular complexity index is 1170. The summed E-state index contributed by atoms with van der Waals surface area (Å²) in [7, 11) is 0. The Hall–Kier alpha value is -3.50. The molecule has 0 aliphatic heterocycles. The van der Waals surface area contributed by atoms with Crippen LogP contribution in [0.25, 0.3) is 11.0 Å². The maximum Gasteiger partial charge on any atom is 0.235 e. The number of para-hydroxylation sites is 2. The summed E-state index contributed by atoms with van der Waals surface area (Å²) in [5.41, 5.74) is 5.20. The van der Waals surface area contributed by atoms with Crippen molar-refractivity contribution in [2.75, 3.05) is 11.1 Å². The molecule has 1 amide bonds. The molecule has 2 aromatic heterocycles. The van der Waals surface area contributed by atoms with Crippen molar-refractivity contribution in [3.05, 3.63) is 77.0 Å². The van der Waals surface area contributed by atoms with Crippen molar-refractivity contribution >= 4 is 34.5 Å². The predicted molar refractivity (Wildman–Crippen MR) is 115 cm³/mol. The Labute approximate surface area is 172 Å². The molecule has 0 unspecified atom stereocenters. The van der Waals surface area contributed by atoms with Gasteiger partial charge < -0.3 is 15.3 Å². The summed E-state index contributed by atoms with van der Waals surface area (Å²) >= 11 is 1.33. The van der Waals surface area contributed by atoms with Gasteiger partial charge in [-0.15, -0.1) is 0 Å². The molecule has 0 saturated carbocycles. The molecule has 0 atom stereocenters. The number of carbonyl (C=O) groups is 1. The molecule has 0 spiro atoms. The molecule has 3 N–H and O–H groups in total. The molecule has 0 aliphatic rings. The maximum atomic E-state index is 12.4. The van der Waals surface area contributed by atoms with Gasteiger partial charge in [-0.1, -0.05) is 54.2 Å². The van der Waals surface area contributed by atoms with Crippen molar-refractivity contribution in [3.8, 4) is 6.07 Å². The molecular formula is C22H19N5OS. The zero-order chi connectivity index (χ0) is 20.2. The third-order valence-electron chi connectivity index (χ3n) is 4.66. The van der Waals surface area contributed by atoms with Gasteiger partial charge in [0.1, 0.15) is 11.9 Å². The summed E-state index contributed by atoms with van der Waals surface area (Å²) in [6.07, 6.45) is 0.672. The summed E-state index contributed by atoms with van der Waals surface area (Å²) in [6, 6.07) is 19.9. The zero-order valence-electron chi connectivity index (χ0n) is 15.8. The van der Waals surface area contributed by atoms with Gasteiger partial charge in [-0.05, 0) is 30.2 Å². The number of hydrogen-bond donors (Lipinski definition) is 3. The van der Waals surface area contributed by atoms with Crippen LogP contribution in [0.4, 0.5) is 5.82 Å². The molecule has 2 aromatic carbocycles. The first-order valence-electron chi connectivity index (χ1n) is 9.17. The van der Waals surface area contributed by atoms with Gasteiger partial charge in [0, 0.05) is 12.1 Å². The number of H-pyrrole nitrogens is 2. The molecule has 6 nitrogen and oxygen atoms in total. The van der Waals surface area contributed by atoms with Crippen molar-refractivity contribution in [2.45, 2.75) is 18.5 Å². The highest BCUT2D eigenvalue weighted by atomic mass is 32.2. The number of benzene rings is 2. The average Bonchev–Trinajstić information content (AvgIpc) is 3.28. The number of rotatable bonds is 6. The van der Waals surface area contributed by atoms with E-state index in [1.165, 1.54) is 11.8 Å². The monoisotopic (exact) mass is 401 g/mol. The molecule has 2 heterocycles. The van der Waals surface area contributed by atoms with E-state index in [4.69, 9.17) is 0 Å². The molecule has 0 aliphatic carbocycles. The van der Waals surface area contributed by atoms with Crippen molar-refractivity contribution in [2.24, 2.45) is 0 Å². The number of aromatic nitrogens is 3. The number of thioether (sulfide) groups is 1. The highest BCUT2D eigenvalue weighted by molar-refractivity contribution is 7.99. The number of aromatic amines is 2. The highest BCUT2D eigenvalue weighted by Gasteiger charge is 2.17. The Balaban J connectivity index is 1.44. The zero-order valence-corrected chi connectivity index (χ0v) is 16.6. The second-order valence-corrected chi connectivity index (χ2v) is 7.61. The largest absolute Gasteiger partial charge is 0.344 e. The lowest BCUT2D eigenvalue weighted by molar-refractivity contribution is -0.113. The van der Waals surface area contributed by atoms with E-state index in [1.807, 2.05) is 61.5 Å². The van der Waals surface area contributed by atoms with E-state index in [9.17, 15) is 10.1 Å². The smallest absolute Gasteiger partial charge is 0.235 e. The van der Waals surface area contributed by atoms with Crippen molar-refractivity contribution in [3.63, 3.8) is 0 Å². The van der Waals surface area contributed by atoms with E-state index in [1.54, 1.807) is 0 Å². The molecule has 144 valence electrons. The number of imidazole rings is 1. The van der Waals surface area contributed by atoms with Crippen LogP contribution in [0, 0.1) is 18.3 Å². The molecule has 0 fully saturated rings. The third-order valence-corrected chi connectivity index (χ3v) is 5.53. The lowest BCUT2D eigenvalue weighted by Gasteiger charge is -2.03. The van der Waals surface area contributed by atoms with E-state index in [2.05, 4.69) is 26.3 Å². The van der Waals surface area contributed by atoms with E-state index < -0.39 is 0 Å². The SMILES string of the molecule is Cc1c(Cc2ccccc2)[nH]c(NC(=O)CSc2nc3ccccc3[nH]2)c1C#N. The van der Waals surface area contributed by atoms with E-state index in [0.717, 1.165) is 27.9 Å². The highest BCUT2D eigenvalue weighted by Crippen LogP contribution is 2.25. The Morgan fingerprint density at radius 2 is 1.90 bits per heavy atom. The Morgan fingerprint density at radius 1 is 1.14 bits per heavy atom. The van der Waals surface area contributed by atoms with Crippen LogP contribution in [0.15, 0.2) is 59.8 Å². The van der Waals surface area contributed by atoms with Crippen LogP contribution in [0.3, 0.4) is 0 Å². The van der Waals surface area contributed by atoms with Gasteiger partial charge in [0.2, 0.25) is 5.91 Å².